The van der Waals surface area contributed by atoms with Gasteiger partial charge in [-0.3, -0.25) is 18.9 Å². The predicted octanol–water partition coefficient (Wildman–Crippen LogP) is 10.0. The molecule has 228 valence electrons. The van der Waals surface area contributed by atoms with Gasteiger partial charge in [0, 0.05) is 34.8 Å². The minimum Gasteiger partial charge on any atom is -0.278 e. The SMILES string of the molecule is c1ccc(-c2ncccc2CCc2ccc3c(c2)n2c4c(-c5cccc(-c6ccccn6)c5)cccc4nc2n3-c2ccccc2)cc1. The van der Waals surface area contributed by atoms with Crippen molar-refractivity contribution in [2.24, 2.45) is 0 Å². The van der Waals surface area contributed by atoms with Gasteiger partial charge >= 0.3 is 0 Å². The van der Waals surface area contributed by atoms with Crippen LogP contribution in [0.15, 0.2) is 164 Å². The molecule has 0 unspecified atom stereocenters. The quantitative estimate of drug-likeness (QED) is 0.179. The lowest BCUT2D eigenvalue weighted by atomic mass is 9.99. The fraction of sp³-hybridized carbons (Fsp3) is 0.0465. The lowest BCUT2D eigenvalue weighted by Crippen LogP contribution is -1.97. The van der Waals surface area contributed by atoms with E-state index in [9.17, 15) is 0 Å². The van der Waals surface area contributed by atoms with E-state index >= 15 is 0 Å². The number of hydrogen-bond acceptors (Lipinski definition) is 3. The molecule has 0 aliphatic heterocycles. The molecule has 0 fully saturated rings. The number of nitrogens with zero attached hydrogens (tertiary/aromatic N) is 5. The third kappa shape index (κ3) is 4.84. The van der Waals surface area contributed by atoms with Crippen LogP contribution in [0, 0.1) is 0 Å². The minimum absolute atomic E-state index is 0.891. The second-order valence-corrected chi connectivity index (χ2v) is 12.1. The van der Waals surface area contributed by atoms with E-state index in [0.29, 0.717) is 0 Å². The van der Waals surface area contributed by atoms with Crippen LogP contribution in [-0.2, 0) is 12.8 Å². The number of para-hydroxylation sites is 2. The van der Waals surface area contributed by atoms with Gasteiger partial charge in [-0.25, -0.2) is 4.98 Å². The topological polar surface area (TPSA) is 48.0 Å². The van der Waals surface area contributed by atoms with E-state index < -0.39 is 0 Å². The van der Waals surface area contributed by atoms with E-state index in [1.807, 2.05) is 36.7 Å². The number of rotatable bonds is 7. The molecular formula is C43H31N5. The summed E-state index contributed by atoms with van der Waals surface area (Å²) in [5, 5.41) is 0. The van der Waals surface area contributed by atoms with Gasteiger partial charge in [0.05, 0.1) is 33.5 Å². The molecule has 4 aromatic heterocycles. The van der Waals surface area contributed by atoms with Crippen molar-refractivity contribution in [2.45, 2.75) is 12.8 Å². The molecule has 4 heterocycles. The van der Waals surface area contributed by atoms with Crippen LogP contribution in [0.5, 0.6) is 0 Å². The van der Waals surface area contributed by atoms with Crippen LogP contribution in [-0.4, -0.2) is 23.9 Å². The van der Waals surface area contributed by atoms with Crippen LogP contribution in [0.25, 0.3) is 67.2 Å². The molecule has 0 spiro atoms. The number of imidazole rings is 2. The smallest absolute Gasteiger partial charge is 0.220 e. The van der Waals surface area contributed by atoms with Gasteiger partial charge in [-0.05, 0) is 84.1 Å². The van der Waals surface area contributed by atoms with Gasteiger partial charge in [-0.15, -0.1) is 0 Å². The lowest BCUT2D eigenvalue weighted by Gasteiger charge is -2.10. The first-order valence-electron chi connectivity index (χ1n) is 16.3. The van der Waals surface area contributed by atoms with Gasteiger partial charge < -0.3 is 0 Å². The molecule has 0 aliphatic rings. The Balaban J connectivity index is 1.21. The Morgan fingerprint density at radius 3 is 2.15 bits per heavy atom. The normalized spacial score (nSPS) is 11.5. The maximum Gasteiger partial charge on any atom is 0.220 e. The van der Waals surface area contributed by atoms with Crippen LogP contribution >= 0.6 is 0 Å². The summed E-state index contributed by atoms with van der Waals surface area (Å²) in [5.41, 5.74) is 14.4. The molecule has 9 rings (SSSR count). The summed E-state index contributed by atoms with van der Waals surface area (Å²) in [4.78, 5) is 14.6. The summed E-state index contributed by atoms with van der Waals surface area (Å²) in [7, 11) is 0. The van der Waals surface area contributed by atoms with Crippen LogP contribution in [0.1, 0.15) is 11.1 Å². The largest absolute Gasteiger partial charge is 0.278 e. The highest BCUT2D eigenvalue weighted by molar-refractivity contribution is 6.00. The average Bonchev–Trinajstić information content (AvgIpc) is 3.69. The molecule has 0 N–H and O–H groups in total. The Hall–Kier alpha value is -6.33. The third-order valence-corrected chi connectivity index (χ3v) is 9.15. The van der Waals surface area contributed by atoms with Crippen molar-refractivity contribution < 1.29 is 0 Å². The molecule has 0 bridgehead atoms. The monoisotopic (exact) mass is 617 g/mol. The third-order valence-electron chi connectivity index (χ3n) is 9.15. The molecule has 0 saturated heterocycles. The van der Waals surface area contributed by atoms with Crippen molar-refractivity contribution in [1.82, 2.24) is 23.9 Å². The first-order chi connectivity index (χ1) is 23.8. The van der Waals surface area contributed by atoms with Crippen LogP contribution in [0.4, 0.5) is 0 Å². The first kappa shape index (κ1) is 27.9. The standard InChI is InChI=1S/C43H31N5/c1-3-12-31(13-4-1)41-32(16-11-27-45-41)24-22-30-23-25-39-40(28-30)48-42-36(33-14-9-15-34(29-33)37-20-7-8-26-44-37)19-10-21-38(42)46-43(48)47(39)35-17-5-2-6-18-35/h1-21,23,25-29H,22,24H2. The number of fused-ring (bicyclic) bond motifs is 5. The van der Waals surface area contributed by atoms with Gasteiger partial charge in [0.15, 0.2) is 0 Å². The van der Waals surface area contributed by atoms with Gasteiger partial charge in [0.1, 0.15) is 0 Å². The summed E-state index contributed by atoms with van der Waals surface area (Å²) in [6.45, 7) is 0. The minimum atomic E-state index is 0.891. The highest BCUT2D eigenvalue weighted by atomic mass is 15.2. The Bertz CT molecular complexity index is 2550. The molecule has 48 heavy (non-hydrogen) atoms. The summed E-state index contributed by atoms with van der Waals surface area (Å²) < 4.78 is 4.63. The molecule has 0 amide bonds. The highest BCUT2D eigenvalue weighted by Crippen LogP contribution is 2.36. The lowest BCUT2D eigenvalue weighted by molar-refractivity contribution is 0.954. The molecule has 0 atom stereocenters. The highest BCUT2D eigenvalue weighted by Gasteiger charge is 2.20. The van der Waals surface area contributed by atoms with Gasteiger partial charge in [0.2, 0.25) is 5.78 Å². The summed E-state index contributed by atoms with van der Waals surface area (Å²) in [6.07, 6.45) is 5.51. The van der Waals surface area contributed by atoms with E-state index in [-0.39, 0.29) is 0 Å². The molecule has 5 heteroatoms. The zero-order valence-electron chi connectivity index (χ0n) is 26.2. The van der Waals surface area contributed by atoms with E-state index in [2.05, 4.69) is 141 Å². The van der Waals surface area contributed by atoms with Crippen molar-refractivity contribution in [2.75, 3.05) is 0 Å². The van der Waals surface area contributed by atoms with Crippen molar-refractivity contribution in [3.05, 3.63) is 175 Å². The van der Waals surface area contributed by atoms with Crippen molar-refractivity contribution >= 4 is 27.8 Å². The molecule has 0 aliphatic carbocycles. The second kappa shape index (κ2) is 11.8. The van der Waals surface area contributed by atoms with Gasteiger partial charge in [-0.2, -0.15) is 0 Å². The molecule has 5 aromatic carbocycles. The van der Waals surface area contributed by atoms with Crippen molar-refractivity contribution in [1.29, 1.82) is 0 Å². The summed E-state index contributed by atoms with van der Waals surface area (Å²) in [5.74, 6) is 0.898. The summed E-state index contributed by atoms with van der Waals surface area (Å²) >= 11 is 0. The number of aryl methyl sites for hydroxylation is 2. The molecule has 9 aromatic rings. The van der Waals surface area contributed by atoms with Crippen molar-refractivity contribution in [3.8, 4) is 39.3 Å². The molecule has 5 nitrogen and oxygen atoms in total. The van der Waals surface area contributed by atoms with E-state index in [0.717, 1.165) is 80.0 Å². The Labute approximate surface area is 278 Å². The van der Waals surface area contributed by atoms with Crippen molar-refractivity contribution in [3.63, 3.8) is 0 Å². The Morgan fingerprint density at radius 2 is 1.29 bits per heavy atom. The van der Waals surface area contributed by atoms with E-state index in [1.54, 1.807) is 0 Å². The Morgan fingerprint density at radius 1 is 0.521 bits per heavy atom. The fourth-order valence-electron chi connectivity index (χ4n) is 6.91. The number of pyridine rings is 2. The second-order valence-electron chi connectivity index (χ2n) is 12.1. The molecular weight excluding hydrogens is 587 g/mol. The zero-order chi connectivity index (χ0) is 31.9. The first-order valence-corrected chi connectivity index (χ1v) is 16.3. The summed E-state index contributed by atoms with van der Waals surface area (Å²) in [6, 6.07) is 53.2. The maximum absolute atomic E-state index is 5.27. The number of hydrogen-bond donors (Lipinski definition) is 0. The predicted molar refractivity (Wildman–Crippen MR) is 195 cm³/mol. The van der Waals surface area contributed by atoms with E-state index in [4.69, 9.17) is 9.97 Å². The van der Waals surface area contributed by atoms with Crippen LogP contribution < -0.4 is 0 Å². The van der Waals surface area contributed by atoms with Gasteiger partial charge in [-0.1, -0.05) is 97.1 Å². The van der Waals surface area contributed by atoms with Gasteiger partial charge in [0.25, 0.3) is 0 Å². The van der Waals surface area contributed by atoms with E-state index in [1.165, 1.54) is 11.1 Å². The average molecular weight is 618 g/mol. The van der Waals surface area contributed by atoms with Crippen LogP contribution in [0.2, 0.25) is 0 Å². The van der Waals surface area contributed by atoms with Crippen LogP contribution in [0.3, 0.4) is 0 Å². The number of aromatic nitrogens is 5. The maximum atomic E-state index is 5.27. The number of benzene rings is 5. The molecule has 0 saturated carbocycles. The fourth-order valence-corrected chi connectivity index (χ4v) is 6.91. The molecule has 0 radical (unpaired) electrons. The Kier molecular flexibility index (Phi) is 6.86. The zero-order valence-corrected chi connectivity index (χ0v) is 26.2.